The van der Waals surface area contributed by atoms with E-state index in [0.29, 0.717) is 17.9 Å². The predicted molar refractivity (Wildman–Crippen MR) is 103 cm³/mol. The number of unbranched alkanes of at least 4 members (excludes halogenated alkanes) is 1. The van der Waals surface area contributed by atoms with Crippen LogP contribution in [0.4, 0.5) is 5.69 Å². The minimum absolute atomic E-state index is 0.212. The predicted octanol–water partition coefficient (Wildman–Crippen LogP) is 4.40. The summed E-state index contributed by atoms with van der Waals surface area (Å²) in [5, 5.41) is 0. The third-order valence-electron chi connectivity index (χ3n) is 3.86. The molecule has 6 heteroatoms. The van der Waals surface area contributed by atoms with E-state index in [2.05, 4.69) is 11.6 Å². The molecule has 0 aliphatic rings. The number of sulfonamides is 1. The van der Waals surface area contributed by atoms with Gasteiger partial charge in [-0.05, 0) is 61.2 Å². The number of hydrogen-bond acceptors (Lipinski definition) is 4. The molecule has 0 spiro atoms. The summed E-state index contributed by atoms with van der Waals surface area (Å²) in [6.07, 6.45) is 3.88. The molecule has 0 unspecified atom stereocenters. The van der Waals surface area contributed by atoms with Crippen molar-refractivity contribution in [2.45, 2.75) is 44.4 Å². The molecule has 0 aromatic heterocycles. The molecule has 0 bridgehead atoms. The number of ether oxygens (including phenoxy) is 1. The van der Waals surface area contributed by atoms with E-state index in [0.717, 1.165) is 31.2 Å². The zero-order valence-electron chi connectivity index (χ0n) is 15.2. The largest absolute Gasteiger partial charge is 0.462 e. The Bertz CT molecular complexity index is 812. The maximum Gasteiger partial charge on any atom is 0.338 e. The second kappa shape index (κ2) is 9.38. The first-order valence-electron chi connectivity index (χ1n) is 8.85. The van der Waals surface area contributed by atoms with Crippen LogP contribution >= 0.6 is 0 Å². The first-order valence-corrected chi connectivity index (χ1v) is 10.3. The monoisotopic (exact) mass is 375 g/mol. The first-order chi connectivity index (χ1) is 12.5. The summed E-state index contributed by atoms with van der Waals surface area (Å²) in [4.78, 5) is 12.0. The minimum Gasteiger partial charge on any atom is -0.462 e. The van der Waals surface area contributed by atoms with Crippen LogP contribution in [0.5, 0.6) is 0 Å². The quantitative estimate of drug-likeness (QED) is 0.660. The molecule has 0 fully saturated rings. The molecule has 2 aromatic rings. The van der Waals surface area contributed by atoms with E-state index in [1.807, 2.05) is 19.1 Å². The first kappa shape index (κ1) is 20.0. The van der Waals surface area contributed by atoms with Crippen LogP contribution in [0.1, 0.15) is 49.0 Å². The van der Waals surface area contributed by atoms with Crippen molar-refractivity contribution < 1.29 is 17.9 Å². The summed E-state index contributed by atoms with van der Waals surface area (Å²) in [5.41, 5.74) is 1.91. The Morgan fingerprint density at radius 2 is 1.62 bits per heavy atom. The highest BCUT2D eigenvalue weighted by Crippen LogP contribution is 2.18. The number of esters is 1. The van der Waals surface area contributed by atoms with Crippen LogP contribution in [0.2, 0.25) is 0 Å². The second-order valence-corrected chi connectivity index (χ2v) is 7.75. The normalized spacial score (nSPS) is 11.2. The number of rotatable bonds is 9. The third-order valence-corrected chi connectivity index (χ3v) is 5.26. The lowest BCUT2D eigenvalue weighted by atomic mass is 10.1. The van der Waals surface area contributed by atoms with Gasteiger partial charge in [-0.1, -0.05) is 32.4 Å². The van der Waals surface area contributed by atoms with E-state index in [9.17, 15) is 13.2 Å². The molecule has 0 saturated carbocycles. The molecule has 0 radical (unpaired) electrons. The van der Waals surface area contributed by atoms with E-state index < -0.39 is 16.0 Å². The van der Waals surface area contributed by atoms with Crippen molar-refractivity contribution in [1.29, 1.82) is 0 Å². The van der Waals surface area contributed by atoms with Gasteiger partial charge in [-0.15, -0.1) is 0 Å². The number of benzene rings is 2. The average Bonchev–Trinajstić information content (AvgIpc) is 2.65. The number of hydrogen-bond donors (Lipinski definition) is 1. The molecule has 26 heavy (non-hydrogen) atoms. The summed E-state index contributed by atoms with van der Waals surface area (Å²) >= 11 is 0. The standard InChI is InChI=1S/C20H25NO4S/c1-3-5-6-16-7-13-19(14-8-16)26(23,24)21-18-11-9-17(10-12-18)20(22)25-15-4-2/h7-14,21H,3-6,15H2,1-2H3. The highest BCUT2D eigenvalue weighted by Gasteiger charge is 2.14. The molecular weight excluding hydrogens is 350 g/mol. The molecule has 1 N–H and O–H groups in total. The lowest BCUT2D eigenvalue weighted by molar-refractivity contribution is 0.0505. The van der Waals surface area contributed by atoms with Crippen molar-refractivity contribution in [3.05, 3.63) is 59.7 Å². The van der Waals surface area contributed by atoms with Crippen LogP contribution in [0.25, 0.3) is 0 Å². The van der Waals surface area contributed by atoms with Gasteiger partial charge in [0.05, 0.1) is 17.1 Å². The average molecular weight is 375 g/mol. The Kier molecular flexibility index (Phi) is 7.21. The van der Waals surface area contributed by atoms with Gasteiger partial charge in [-0.3, -0.25) is 4.72 Å². The SMILES string of the molecule is CCCCc1ccc(S(=O)(=O)Nc2ccc(C(=O)OCCC)cc2)cc1. The summed E-state index contributed by atoms with van der Waals surface area (Å²) in [7, 11) is -3.66. The molecule has 5 nitrogen and oxygen atoms in total. The molecule has 0 heterocycles. The van der Waals surface area contributed by atoms with Gasteiger partial charge in [0.1, 0.15) is 0 Å². The smallest absolute Gasteiger partial charge is 0.338 e. The molecule has 0 atom stereocenters. The van der Waals surface area contributed by atoms with Crippen molar-refractivity contribution in [1.82, 2.24) is 0 Å². The van der Waals surface area contributed by atoms with Gasteiger partial charge in [-0.2, -0.15) is 0 Å². The van der Waals surface area contributed by atoms with Crippen LogP contribution < -0.4 is 4.72 Å². The number of nitrogens with one attached hydrogen (secondary N) is 1. The molecule has 2 aromatic carbocycles. The molecular formula is C20H25NO4S. The Labute approximate surface area is 155 Å². The fourth-order valence-electron chi connectivity index (χ4n) is 2.38. The summed E-state index contributed by atoms with van der Waals surface area (Å²) in [6, 6.07) is 13.1. The van der Waals surface area contributed by atoms with Crippen LogP contribution in [-0.4, -0.2) is 21.0 Å². The van der Waals surface area contributed by atoms with Gasteiger partial charge in [0, 0.05) is 5.69 Å². The number of anilines is 1. The summed E-state index contributed by atoms with van der Waals surface area (Å²) < 4.78 is 32.5. The molecule has 2 rings (SSSR count). The minimum atomic E-state index is -3.66. The van der Waals surface area contributed by atoms with Gasteiger partial charge in [0.2, 0.25) is 0 Å². The Balaban J connectivity index is 2.05. The topological polar surface area (TPSA) is 72.5 Å². The van der Waals surface area contributed by atoms with Crippen LogP contribution in [0.15, 0.2) is 53.4 Å². The third kappa shape index (κ3) is 5.59. The molecule has 0 amide bonds. The Hall–Kier alpha value is -2.34. The van der Waals surface area contributed by atoms with Gasteiger partial charge in [0.15, 0.2) is 0 Å². The zero-order chi connectivity index (χ0) is 19.0. The van der Waals surface area contributed by atoms with E-state index in [1.54, 1.807) is 36.4 Å². The van der Waals surface area contributed by atoms with E-state index in [4.69, 9.17) is 4.74 Å². The maximum atomic E-state index is 12.5. The van der Waals surface area contributed by atoms with Crippen molar-refractivity contribution in [2.24, 2.45) is 0 Å². The van der Waals surface area contributed by atoms with E-state index in [1.165, 1.54) is 0 Å². The Morgan fingerprint density at radius 1 is 0.962 bits per heavy atom. The molecule has 0 aliphatic carbocycles. The lowest BCUT2D eigenvalue weighted by Crippen LogP contribution is -2.13. The van der Waals surface area contributed by atoms with Gasteiger partial charge in [0.25, 0.3) is 10.0 Å². The Morgan fingerprint density at radius 3 is 2.19 bits per heavy atom. The fraction of sp³-hybridized carbons (Fsp3) is 0.350. The molecule has 0 saturated heterocycles. The number of aryl methyl sites for hydroxylation is 1. The van der Waals surface area contributed by atoms with Gasteiger partial charge >= 0.3 is 5.97 Å². The van der Waals surface area contributed by atoms with Crippen molar-refractivity contribution in [2.75, 3.05) is 11.3 Å². The summed E-state index contributed by atoms with van der Waals surface area (Å²) in [6.45, 7) is 4.40. The summed E-state index contributed by atoms with van der Waals surface area (Å²) in [5.74, 6) is -0.413. The highest BCUT2D eigenvalue weighted by molar-refractivity contribution is 7.92. The van der Waals surface area contributed by atoms with Crippen LogP contribution in [-0.2, 0) is 21.2 Å². The highest BCUT2D eigenvalue weighted by atomic mass is 32.2. The van der Waals surface area contributed by atoms with Gasteiger partial charge in [-0.25, -0.2) is 13.2 Å². The van der Waals surface area contributed by atoms with Crippen molar-refractivity contribution >= 4 is 21.7 Å². The van der Waals surface area contributed by atoms with E-state index in [-0.39, 0.29) is 4.90 Å². The molecule has 140 valence electrons. The zero-order valence-corrected chi connectivity index (χ0v) is 16.0. The maximum absolute atomic E-state index is 12.5. The number of carbonyl (C=O) groups excluding carboxylic acids is 1. The van der Waals surface area contributed by atoms with Crippen LogP contribution in [0, 0.1) is 0 Å². The second-order valence-electron chi connectivity index (χ2n) is 6.07. The van der Waals surface area contributed by atoms with Crippen molar-refractivity contribution in [3.8, 4) is 0 Å². The fourth-order valence-corrected chi connectivity index (χ4v) is 3.44. The van der Waals surface area contributed by atoms with E-state index >= 15 is 0 Å². The van der Waals surface area contributed by atoms with Crippen molar-refractivity contribution in [3.63, 3.8) is 0 Å². The lowest BCUT2D eigenvalue weighted by Gasteiger charge is -2.10. The van der Waals surface area contributed by atoms with Gasteiger partial charge < -0.3 is 4.74 Å². The number of carbonyl (C=O) groups is 1. The molecule has 0 aliphatic heterocycles. The van der Waals surface area contributed by atoms with Crippen LogP contribution in [0.3, 0.4) is 0 Å².